The molecule has 94 valence electrons. The molecule has 1 aromatic rings. The van der Waals surface area contributed by atoms with Gasteiger partial charge in [0.15, 0.2) is 0 Å². The summed E-state index contributed by atoms with van der Waals surface area (Å²) in [7, 11) is 2.20. The Morgan fingerprint density at radius 3 is 3.12 bits per heavy atom. The first-order valence-electron chi connectivity index (χ1n) is 6.33. The van der Waals surface area contributed by atoms with E-state index in [0.717, 1.165) is 19.6 Å². The number of nitrogens with zero attached hydrogens (tertiary/aromatic N) is 1. The van der Waals surface area contributed by atoms with Crippen molar-refractivity contribution >= 4 is 17.4 Å². The van der Waals surface area contributed by atoms with E-state index in [1.54, 1.807) is 0 Å². The fraction of sp³-hybridized carbons (Fsp3) is 0.571. The van der Waals surface area contributed by atoms with Gasteiger partial charge in [-0.2, -0.15) is 11.8 Å². The van der Waals surface area contributed by atoms with E-state index in [9.17, 15) is 0 Å². The molecule has 0 aliphatic carbocycles. The number of anilines is 1. The van der Waals surface area contributed by atoms with E-state index in [-0.39, 0.29) is 0 Å². The number of thioether (sulfide) groups is 1. The number of hydrogen-bond acceptors (Lipinski definition) is 3. The zero-order chi connectivity index (χ0) is 12.1. The van der Waals surface area contributed by atoms with E-state index in [1.165, 1.54) is 35.4 Å². The smallest absolute Gasteiger partial charge is 0.0372 e. The molecule has 0 aromatic heterocycles. The minimum atomic E-state index is 1.06. The normalized spacial score (nSPS) is 14.5. The minimum Gasteiger partial charge on any atom is -0.385 e. The molecule has 17 heavy (non-hydrogen) atoms. The second-order valence-electron chi connectivity index (χ2n) is 4.75. The summed E-state index contributed by atoms with van der Waals surface area (Å²) >= 11 is 1.91. The van der Waals surface area contributed by atoms with Gasteiger partial charge in [0.1, 0.15) is 0 Å². The summed E-state index contributed by atoms with van der Waals surface area (Å²) in [6.45, 7) is 3.35. The molecular weight excluding hydrogens is 228 g/mol. The third kappa shape index (κ3) is 3.65. The van der Waals surface area contributed by atoms with E-state index in [0.29, 0.717) is 0 Å². The number of aryl methyl sites for hydroxylation is 1. The maximum absolute atomic E-state index is 3.46. The largest absolute Gasteiger partial charge is 0.385 e. The molecule has 0 saturated carbocycles. The van der Waals surface area contributed by atoms with Gasteiger partial charge in [-0.3, -0.25) is 0 Å². The second-order valence-corrected chi connectivity index (χ2v) is 5.74. The lowest BCUT2D eigenvalue weighted by atomic mass is 10.0. The first-order chi connectivity index (χ1) is 8.29. The van der Waals surface area contributed by atoms with Gasteiger partial charge < -0.3 is 10.2 Å². The number of fused-ring (bicyclic) bond motifs is 1. The Labute approximate surface area is 109 Å². The molecule has 0 bridgehead atoms. The van der Waals surface area contributed by atoms with Crippen LogP contribution in [-0.2, 0) is 13.0 Å². The van der Waals surface area contributed by atoms with Crippen molar-refractivity contribution in [3.05, 3.63) is 29.3 Å². The summed E-state index contributed by atoms with van der Waals surface area (Å²) in [5.41, 5.74) is 4.27. The average Bonchev–Trinajstić information content (AvgIpc) is 2.36. The highest BCUT2D eigenvalue weighted by molar-refractivity contribution is 7.98. The average molecular weight is 250 g/mol. The fourth-order valence-electron chi connectivity index (χ4n) is 2.26. The summed E-state index contributed by atoms with van der Waals surface area (Å²) in [4.78, 5) is 2.40. The number of rotatable bonds is 5. The zero-order valence-corrected chi connectivity index (χ0v) is 11.6. The Morgan fingerprint density at radius 2 is 2.29 bits per heavy atom. The quantitative estimate of drug-likeness (QED) is 0.865. The Bertz CT molecular complexity index is 365. The Balaban J connectivity index is 1.97. The summed E-state index contributed by atoms with van der Waals surface area (Å²) in [5, 5.41) is 3.46. The van der Waals surface area contributed by atoms with Crippen molar-refractivity contribution in [1.82, 2.24) is 4.90 Å². The summed E-state index contributed by atoms with van der Waals surface area (Å²) in [5.74, 6) is 1.21. The zero-order valence-electron chi connectivity index (χ0n) is 10.8. The predicted molar refractivity (Wildman–Crippen MR) is 78.0 cm³/mol. The van der Waals surface area contributed by atoms with Crippen molar-refractivity contribution in [2.75, 3.05) is 37.5 Å². The molecule has 1 N–H and O–H groups in total. The van der Waals surface area contributed by atoms with E-state index >= 15 is 0 Å². The van der Waals surface area contributed by atoms with Crippen LogP contribution in [0, 0.1) is 0 Å². The molecule has 0 unspecified atom stereocenters. The summed E-state index contributed by atoms with van der Waals surface area (Å²) in [6.07, 6.45) is 4.65. The van der Waals surface area contributed by atoms with Crippen LogP contribution >= 0.6 is 11.8 Å². The van der Waals surface area contributed by atoms with Crippen molar-refractivity contribution in [2.24, 2.45) is 0 Å². The Kier molecular flexibility index (Phi) is 4.75. The first-order valence-corrected chi connectivity index (χ1v) is 7.72. The molecule has 0 amide bonds. The van der Waals surface area contributed by atoms with Gasteiger partial charge in [-0.1, -0.05) is 12.1 Å². The molecular formula is C14H22N2S. The standard InChI is InChI=1S/C14H22N2S/c1-16(8-9-17-2)11-12-5-6-14-13(10-12)4-3-7-15-14/h5-6,10,15H,3-4,7-9,11H2,1-2H3. The van der Waals surface area contributed by atoms with Crippen LogP contribution in [0.25, 0.3) is 0 Å². The topological polar surface area (TPSA) is 15.3 Å². The van der Waals surface area contributed by atoms with Gasteiger partial charge in [0.25, 0.3) is 0 Å². The van der Waals surface area contributed by atoms with Gasteiger partial charge >= 0.3 is 0 Å². The van der Waals surface area contributed by atoms with Crippen molar-refractivity contribution in [3.8, 4) is 0 Å². The van der Waals surface area contributed by atoms with Gasteiger partial charge in [0.05, 0.1) is 0 Å². The highest BCUT2D eigenvalue weighted by atomic mass is 32.2. The Hall–Kier alpha value is -0.670. The number of benzene rings is 1. The molecule has 2 nitrogen and oxygen atoms in total. The van der Waals surface area contributed by atoms with Gasteiger partial charge in [0, 0.05) is 31.1 Å². The lowest BCUT2D eigenvalue weighted by Gasteiger charge is -2.21. The van der Waals surface area contributed by atoms with Crippen LogP contribution in [0.2, 0.25) is 0 Å². The third-order valence-corrected chi connectivity index (χ3v) is 3.83. The second kappa shape index (κ2) is 6.31. The molecule has 0 saturated heterocycles. The summed E-state index contributed by atoms with van der Waals surface area (Å²) < 4.78 is 0. The molecule has 0 spiro atoms. The molecule has 0 atom stereocenters. The van der Waals surface area contributed by atoms with E-state index < -0.39 is 0 Å². The van der Waals surface area contributed by atoms with Gasteiger partial charge in [-0.25, -0.2) is 0 Å². The fourth-order valence-corrected chi connectivity index (χ4v) is 2.76. The molecule has 1 aromatic carbocycles. The molecule has 3 heteroatoms. The van der Waals surface area contributed by atoms with Crippen LogP contribution < -0.4 is 5.32 Å². The highest BCUT2D eigenvalue weighted by Gasteiger charge is 2.09. The van der Waals surface area contributed by atoms with Crippen molar-refractivity contribution in [2.45, 2.75) is 19.4 Å². The van der Waals surface area contributed by atoms with Gasteiger partial charge in [-0.15, -0.1) is 0 Å². The molecule has 1 aliphatic heterocycles. The highest BCUT2D eigenvalue weighted by Crippen LogP contribution is 2.23. The lowest BCUT2D eigenvalue weighted by Crippen LogP contribution is -2.21. The van der Waals surface area contributed by atoms with Crippen LogP contribution in [0.15, 0.2) is 18.2 Å². The Morgan fingerprint density at radius 1 is 1.41 bits per heavy atom. The van der Waals surface area contributed by atoms with E-state index in [4.69, 9.17) is 0 Å². The molecule has 0 fully saturated rings. The third-order valence-electron chi connectivity index (χ3n) is 3.24. The maximum Gasteiger partial charge on any atom is 0.0372 e. The maximum atomic E-state index is 3.46. The lowest BCUT2D eigenvalue weighted by molar-refractivity contribution is 0.348. The number of nitrogens with one attached hydrogen (secondary N) is 1. The van der Waals surface area contributed by atoms with Gasteiger partial charge in [-0.05, 0) is 43.3 Å². The minimum absolute atomic E-state index is 1.06. The van der Waals surface area contributed by atoms with Crippen LogP contribution in [0.1, 0.15) is 17.5 Å². The summed E-state index contributed by atoms with van der Waals surface area (Å²) in [6, 6.07) is 6.87. The van der Waals surface area contributed by atoms with Crippen LogP contribution in [0.5, 0.6) is 0 Å². The predicted octanol–water partition coefficient (Wildman–Crippen LogP) is 2.84. The first kappa shape index (κ1) is 12.8. The van der Waals surface area contributed by atoms with Crippen molar-refractivity contribution in [1.29, 1.82) is 0 Å². The van der Waals surface area contributed by atoms with Crippen molar-refractivity contribution < 1.29 is 0 Å². The number of hydrogen-bond donors (Lipinski definition) is 1. The van der Waals surface area contributed by atoms with Crippen LogP contribution in [0.4, 0.5) is 5.69 Å². The monoisotopic (exact) mass is 250 g/mol. The van der Waals surface area contributed by atoms with E-state index in [2.05, 4.69) is 41.7 Å². The van der Waals surface area contributed by atoms with E-state index in [1.807, 2.05) is 11.8 Å². The molecule has 2 rings (SSSR count). The molecule has 1 aliphatic rings. The van der Waals surface area contributed by atoms with Crippen LogP contribution in [-0.4, -0.2) is 37.0 Å². The van der Waals surface area contributed by atoms with Crippen LogP contribution in [0.3, 0.4) is 0 Å². The molecule has 1 heterocycles. The molecule has 0 radical (unpaired) electrons. The van der Waals surface area contributed by atoms with Crippen molar-refractivity contribution in [3.63, 3.8) is 0 Å². The SMILES string of the molecule is CSCCN(C)Cc1ccc2c(c1)CCCN2. The van der Waals surface area contributed by atoms with Gasteiger partial charge in [0.2, 0.25) is 0 Å².